The van der Waals surface area contributed by atoms with Crippen LogP contribution in [0.2, 0.25) is 5.02 Å². The molecular formula is C26H28ClF3N6O4S. The second-order valence-electron chi connectivity index (χ2n) is 9.98. The summed E-state index contributed by atoms with van der Waals surface area (Å²) in [5, 5.41) is 17.4. The summed E-state index contributed by atoms with van der Waals surface area (Å²) in [6.45, 7) is 3.52. The Bertz CT molecular complexity index is 1340. The summed E-state index contributed by atoms with van der Waals surface area (Å²) in [5.41, 5.74) is 1.28. The lowest BCUT2D eigenvalue weighted by atomic mass is 9.98. The van der Waals surface area contributed by atoms with Gasteiger partial charge in [0.05, 0.1) is 16.3 Å². The molecule has 2 saturated heterocycles. The zero-order valence-corrected chi connectivity index (χ0v) is 23.6. The first-order valence-electron chi connectivity index (χ1n) is 12.9. The zero-order valence-electron chi connectivity index (χ0n) is 22.0. The van der Waals surface area contributed by atoms with Crippen molar-refractivity contribution >= 4 is 63.5 Å². The Labute approximate surface area is 244 Å². The molecule has 41 heavy (non-hydrogen) atoms. The molecule has 0 aliphatic carbocycles. The molecule has 2 heterocycles. The molecule has 4 rings (SSSR count). The minimum Gasteiger partial charge on any atom is -0.366 e. The predicted octanol–water partition coefficient (Wildman–Crippen LogP) is 4.82. The van der Waals surface area contributed by atoms with Gasteiger partial charge in [-0.2, -0.15) is 13.2 Å². The number of nitro groups is 1. The number of hydrogen-bond acceptors (Lipinski definition) is 7. The fourth-order valence-corrected chi connectivity index (χ4v) is 5.25. The number of hydrogen-bond donors (Lipinski definition) is 2. The number of carbonyl (C=O) groups excluding carboxylic acids is 2. The van der Waals surface area contributed by atoms with E-state index in [0.29, 0.717) is 41.1 Å². The molecule has 2 amide bonds. The van der Waals surface area contributed by atoms with Gasteiger partial charge >= 0.3 is 12.1 Å². The third-order valence-electron chi connectivity index (χ3n) is 7.14. The van der Waals surface area contributed by atoms with E-state index in [-0.39, 0.29) is 42.5 Å². The predicted molar refractivity (Wildman–Crippen MR) is 154 cm³/mol. The van der Waals surface area contributed by atoms with Crippen molar-refractivity contribution in [2.75, 3.05) is 54.4 Å². The highest BCUT2D eigenvalue weighted by molar-refractivity contribution is 7.80. The number of piperazine rings is 1. The SMILES string of the molecule is CC1CCN(c2ccc(C(=O)NC(=S)Nc3cc(Cl)ccc3N3CCN(C(=O)C(F)(F)F)CC3)cc2[N+](=O)[O-])CC1. The summed E-state index contributed by atoms with van der Waals surface area (Å²) in [6.07, 6.45) is -3.09. The van der Waals surface area contributed by atoms with Crippen molar-refractivity contribution in [3.05, 3.63) is 57.1 Å². The van der Waals surface area contributed by atoms with Crippen LogP contribution in [-0.4, -0.2) is 72.2 Å². The van der Waals surface area contributed by atoms with Crippen LogP contribution in [0.3, 0.4) is 0 Å². The number of nitrogens with zero attached hydrogens (tertiary/aromatic N) is 4. The molecular weight excluding hydrogens is 585 g/mol. The Hall–Kier alpha value is -3.65. The average molecular weight is 613 g/mol. The van der Waals surface area contributed by atoms with Crippen LogP contribution < -0.4 is 20.4 Å². The Balaban J connectivity index is 1.44. The first kappa shape index (κ1) is 30.3. The van der Waals surface area contributed by atoms with E-state index in [1.807, 2.05) is 4.90 Å². The van der Waals surface area contributed by atoms with Gasteiger partial charge in [-0.05, 0) is 61.3 Å². The van der Waals surface area contributed by atoms with Crippen molar-refractivity contribution in [2.45, 2.75) is 25.9 Å². The van der Waals surface area contributed by atoms with Gasteiger partial charge in [-0.25, -0.2) is 0 Å². The zero-order chi connectivity index (χ0) is 29.9. The van der Waals surface area contributed by atoms with Crippen LogP contribution in [0.4, 0.5) is 35.9 Å². The Morgan fingerprint density at radius 3 is 2.22 bits per heavy atom. The van der Waals surface area contributed by atoms with Gasteiger partial charge in [-0.1, -0.05) is 18.5 Å². The van der Waals surface area contributed by atoms with E-state index < -0.39 is 22.9 Å². The molecule has 0 bridgehead atoms. The van der Waals surface area contributed by atoms with Gasteiger partial charge in [0.2, 0.25) is 0 Å². The Morgan fingerprint density at radius 2 is 1.61 bits per heavy atom. The van der Waals surface area contributed by atoms with Gasteiger partial charge in [0, 0.05) is 55.9 Å². The molecule has 15 heteroatoms. The van der Waals surface area contributed by atoms with Crippen molar-refractivity contribution in [1.82, 2.24) is 10.2 Å². The molecule has 0 aromatic heterocycles. The maximum atomic E-state index is 12.9. The molecule has 2 fully saturated rings. The number of halogens is 4. The largest absolute Gasteiger partial charge is 0.471 e. The lowest BCUT2D eigenvalue weighted by Crippen LogP contribution is -2.52. The number of anilines is 3. The van der Waals surface area contributed by atoms with E-state index in [0.717, 1.165) is 17.7 Å². The lowest BCUT2D eigenvalue weighted by molar-refractivity contribution is -0.384. The van der Waals surface area contributed by atoms with Gasteiger partial charge in [0.25, 0.3) is 11.6 Å². The summed E-state index contributed by atoms with van der Waals surface area (Å²) < 4.78 is 38.4. The first-order valence-corrected chi connectivity index (χ1v) is 13.7. The lowest BCUT2D eigenvalue weighted by Gasteiger charge is -2.37. The number of rotatable bonds is 5. The van der Waals surface area contributed by atoms with E-state index in [1.165, 1.54) is 12.1 Å². The van der Waals surface area contributed by atoms with Gasteiger partial charge < -0.3 is 20.0 Å². The van der Waals surface area contributed by atoms with Crippen LogP contribution in [0, 0.1) is 16.0 Å². The van der Waals surface area contributed by atoms with Crippen LogP contribution in [0.25, 0.3) is 0 Å². The van der Waals surface area contributed by atoms with Gasteiger partial charge in [-0.15, -0.1) is 0 Å². The van der Waals surface area contributed by atoms with Crippen molar-refractivity contribution in [3.63, 3.8) is 0 Å². The van der Waals surface area contributed by atoms with E-state index >= 15 is 0 Å². The van der Waals surface area contributed by atoms with Crippen LogP contribution in [-0.2, 0) is 4.79 Å². The smallest absolute Gasteiger partial charge is 0.366 e. The number of alkyl halides is 3. The van der Waals surface area contributed by atoms with Crippen molar-refractivity contribution in [2.24, 2.45) is 5.92 Å². The summed E-state index contributed by atoms with van der Waals surface area (Å²) >= 11 is 11.5. The first-order chi connectivity index (χ1) is 19.3. The third-order valence-corrected chi connectivity index (χ3v) is 7.58. The topological polar surface area (TPSA) is 111 Å². The van der Waals surface area contributed by atoms with Crippen molar-refractivity contribution in [1.29, 1.82) is 0 Å². The maximum absolute atomic E-state index is 12.9. The fraction of sp³-hybridized carbons (Fsp3) is 0.423. The molecule has 2 N–H and O–H groups in total. The minimum atomic E-state index is -4.94. The monoisotopic (exact) mass is 612 g/mol. The van der Waals surface area contributed by atoms with Crippen LogP contribution in [0.15, 0.2) is 36.4 Å². The number of piperidine rings is 1. The van der Waals surface area contributed by atoms with Crippen LogP contribution in [0.5, 0.6) is 0 Å². The van der Waals surface area contributed by atoms with E-state index in [1.54, 1.807) is 29.2 Å². The summed E-state index contributed by atoms with van der Waals surface area (Å²) in [7, 11) is 0. The van der Waals surface area contributed by atoms with Crippen LogP contribution in [0.1, 0.15) is 30.1 Å². The highest BCUT2D eigenvalue weighted by atomic mass is 35.5. The minimum absolute atomic E-state index is 0.0479. The summed E-state index contributed by atoms with van der Waals surface area (Å²) in [4.78, 5) is 40.3. The number of carbonyl (C=O) groups is 2. The molecule has 2 aromatic carbocycles. The molecule has 0 atom stereocenters. The molecule has 0 spiro atoms. The maximum Gasteiger partial charge on any atom is 0.471 e. The summed E-state index contributed by atoms with van der Waals surface area (Å²) in [6, 6.07) is 9.09. The molecule has 0 radical (unpaired) electrons. The molecule has 220 valence electrons. The van der Waals surface area contributed by atoms with Crippen molar-refractivity contribution in [3.8, 4) is 0 Å². The number of nitro benzene ring substituents is 1. The molecule has 10 nitrogen and oxygen atoms in total. The Kier molecular flexibility index (Phi) is 9.22. The normalized spacial score (nSPS) is 16.4. The average Bonchev–Trinajstić information content (AvgIpc) is 2.92. The second kappa shape index (κ2) is 12.5. The van der Waals surface area contributed by atoms with E-state index in [9.17, 15) is 32.9 Å². The van der Waals surface area contributed by atoms with E-state index in [4.69, 9.17) is 23.8 Å². The van der Waals surface area contributed by atoms with Gasteiger partial charge in [0.1, 0.15) is 5.69 Å². The standard InChI is InChI=1S/C26H28ClF3N6O4S/c1-16-6-8-33(9-7-16)21-4-2-17(14-22(21)36(39)40)23(37)32-25(41)31-19-15-18(27)3-5-20(19)34-10-12-35(13-11-34)24(38)26(28,29)30/h2-5,14-16H,6-13H2,1H3,(H2,31,32,37,41). The molecule has 0 saturated carbocycles. The quantitative estimate of drug-likeness (QED) is 0.281. The van der Waals surface area contributed by atoms with Crippen molar-refractivity contribution < 1.29 is 27.7 Å². The molecule has 0 unspecified atom stereocenters. The molecule has 2 aliphatic heterocycles. The summed E-state index contributed by atoms with van der Waals surface area (Å²) in [5.74, 6) is -1.99. The number of thiocarbonyl (C=S) groups is 1. The number of amides is 2. The van der Waals surface area contributed by atoms with Gasteiger partial charge in [0.15, 0.2) is 5.11 Å². The van der Waals surface area contributed by atoms with E-state index in [2.05, 4.69) is 17.6 Å². The number of nitrogens with one attached hydrogen (secondary N) is 2. The molecule has 2 aliphatic rings. The van der Waals surface area contributed by atoms with Gasteiger partial charge in [-0.3, -0.25) is 25.0 Å². The third kappa shape index (κ3) is 7.36. The van der Waals surface area contributed by atoms with Crippen LogP contribution >= 0.6 is 23.8 Å². The fourth-order valence-electron chi connectivity index (χ4n) is 4.87. The second-order valence-corrected chi connectivity index (χ2v) is 10.8. The molecule has 2 aromatic rings. The Morgan fingerprint density at radius 1 is 1.00 bits per heavy atom. The highest BCUT2D eigenvalue weighted by Gasteiger charge is 2.43. The number of benzene rings is 2. The highest BCUT2D eigenvalue weighted by Crippen LogP contribution is 2.33.